The van der Waals surface area contributed by atoms with Crippen molar-refractivity contribution < 1.29 is 0 Å². The van der Waals surface area contributed by atoms with Crippen LogP contribution in [0.5, 0.6) is 0 Å². The third-order valence-electron chi connectivity index (χ3n) is 2.78. The summed E-state index contributed by atoms with van der Waals surface area (Å²) in [6.07, 6.45) is 2.94. The summed E-state index contributed by atoms with van der Waals surface area (Å²) in [6.45, 7) is 1.72. The van der Waals surface area contributed by atoms with E-state index in [1.165, 1.54) is 5.39 Å². The lowest BCUT2D eigenvalue weighted by atomic mass is 10.2. The second-order valence-electron chi connectivity index (χ2n) is 4.10. The smallest absolute Gasteiger partial charge is 0.188 e. The van der Waals surface area contributed by atoms with Gasteiger partial charge in [0.1, 0.15) is 0 Å². The number of fused-ring (bicyclic) bond motifs is 1. The number of hydrogen-bond acceptors (Lipinski definition) is 2. The first-order chi connectivity index (χ1) is 8.79. The normalized spacial score (nSPS) is 11.7. The molecule has 0 amide bonds. The third-order valence-corrected chi connectivity index (χ3v) is 2.78. The van der Waals surface area contributed by atoms with Crippen molar-refractivity contribution in [2.45, 2.75) is 6.42 Å². The molecule has 1 heterocycles. The third kappa shape index (κ3) is 3.16. The van der Waals surface area contributed by atoms with Gasteiger partial charge in [0, 0.05) is 42.9 Å². The van der Waals surface area contributed by atoms with Crippen molar-refractivity contribution in [3.05, 3.63) is 30.5 Å². The van der Waals surface area contributed by atoms with Crippen LogP contribution in [-0.4, -0.2) is 31.1 Å². The van der Waals surface area contributed by atoms with Crippen molar-refractivity contribution in [1.29, 1.82) is 0 Å². The summed E-state index contributed by atoms with van der Waals surface area (Å²) in [4.78, 5) is 7.01. The van der Waals surface area contributed by atoms with Crippen LogP contribution >= 0.6 is 0 Å². The summed E-state index contributed by atoms with van der Waals surface area (Å²) < 4.78 is 0. The topological polar surface area (TPSA) is 78.2 Å². The van der Waals surface area contributed by atoms with Gasteiger partial charge in [0.25, 0.3) is 0 Å². The van der Waals surface area contributed by atoms with E-state index in [-0.39, 0.29) is 0 Å². The predicted molar refractivity (Wildman–Crippen MR) is 77.0 cm³/mol. The van der Waals surface area contributed by atoms with Crippen LogP contribution in [0.15, 0.2) is 35.5 Å². The summed E-state index contributed by atoms with van der Waals surface area (Å²) >= 11 is 0. The molecular weight excluding hydrogens is 226 g/mol. The Morgan fingerprint density at radius 1 is 1.33 bits per heavy atom. The Hall–Kier alpha value is -2.17. The van der Waals surface area contributed by atoms with Crippen LogP contribution in [0.1, 0.15) is 6.42 Å². The highest BCUT2D eigenvalue weighted by atomic mass is 15.1. The lowest BCUT2D eigenvalue weighted by molar-refractivity contribution is 0.798. The number of anilines is 1. The number of aliphatic imine (C=N–C) groups is 1. The molecule has 5 heteroatoms. The monoisotopic (exact) mass is 245 g/mol. The van der Waals surface area contributed by atoms with Crippen LogP contribution in [0.4, 0.5) is 5.69 Å². The minimum Gasteiger partial charge on any atom is -0.385 e. The Labute approximate surface area is 106 Å². The van der Waals surface area contributed by atoms with Gasteiger partial charge in [0.05, 0.1) is 0 Å². The molecule has 0 saturated heterocycles. The van der Waals surface area contributed by atoms with Crippen molar-refractivity contribution in [1.82, 2.24) is 10.3 Å². The van der Waals surface area contributed by atoms with Crippen LogP contribution in [0.25, 0.3) is 10.9 Å². The Bertz CT molecular complexity index is 529. The van der Waals surface area contributed by atoms with Crippen LogP contribution in [0, 0.1) is 0 Å². The molecule has 0 spiro atoms. The summed E-state index contributed by atoms with van der Waals surface area (Å²) in [6, 6.07) is 8.37. The maximum absolute atomic E-state index is 5.53. The highest BCUT2D eigenvalue weighted by molar-refractivity contribution is 5.82. The number of rotatable bonds is 5. The van der Waals surface area contributed by atoms with Gasteiger partial charge in [0.15, 0.2) is 5.96 Å². The number of aromatic nitrogens is 1. The van der Waals surface area contributed by atoms with E-state index >= 15 is 0 Å². The van der Waals surface area contributed by atoms with Crippen molar-refractivity contribution in [3.63, 3.8) is 0 Å². The fourth-order valence-corrected chi connectivity index (χ4v) is 1.78. The average Bonchev–Trinajstić information content (AvgIpc) is 2.85. The van der Waals surface area contributed by atoms with Gasteiger partial charge < -0.3 is 21.4 Å². The highest BCUT2D eigenvalue weighted by Crippen LogP contribution is 2.17. The summed E-state index contributed by atoms with van der Waals surface area (Å²) in [7, 11) is 1.67. The fourth-order valence-electron chi connectivity index (χ4n) is 1.78. The Kier molecular flexibility index (Phi) is 4.06. The zero-order valence-corrected chi connectivity index (χ0v) is 10.5. The largest absolute Gasteiger partial charge is 0.385 e. The van der Waals surface area contributed by atoms with E-state index in [9.17, 15) is 0 Å². The van der Waals surface area contributed by atoms with E-state index in [2.05, 4.69) is 44.9 Å². The molecule has 5 N–H and O–H groups in total. The number of hydrogen-bond donors (Lipinski definition) is 4. The number of aromatic amines is 1. The number of H-pyrrole nitrogens is 1. The molecule has 2 rings (SSSR count). The zero-order chi connectivity index (χ0) is 12.8. The molecule has 1 aromatic heterocycles. The standard InChI is InChI=1S/C13H19N5/c1-15-13(14)18-7-2-6-16-11-3-4-12-10(9-11)5-8-17-12/h3-5,8-9,16-17H,2,6-7H2,1H3,(H3,14,15,18). The number of nitrogens with two attached hydrogens (primary N) is 1. The minimum absolute atomic E-state index is 0.490. The lowest BCUT2D eigenvalue weighted by Gasteiger charge is -2.07. The first-order valence-corrected chi connectivity index (χ1v) is 6.07. The van der Waals surface area contributed by atoms with Gasteiger partial charge in [-0.25, -0.2) is 0 Å². The van der Waals surface area contributed by atoms with Crippen LogP contribution < -0.4 is 16.4 Å². The maximum atomic E-state index is 5.53. The molecule has 0 fully saturated rings. The second kappa shape index (κ2) is 5.95. The molecule has 0 bridgehead atoms. The molecule has 5 nitrogen and oxygen atoms in total. The zero-order valence-electron chi connectivity index (χ0n) is 10.5. The Balaban J connectivity index is 1.76. The average molecular weight is 245 g/mol. The van der Waals surface area contributed by atoms with Gasteiger partial charge in [-0.2, -0.15) is 0 Å². The Morgan fingerprint density at radius 3 is 3.06 bits per heavy atom. The van der Waals surface area contributed by atoms with E-state index in [0.29, 0.717) is 5.96 Å². The molecular formula is C13H19N5. The first kappa shape index (κ1) is 12.3. The predicted octanol–water partition coefficient (Wildman–Crippen LogP) is 1.50. The molecule has 0 aliphatic carbocycles. The summed E-state index contributed by atoms with van der Waals surface area (Å²) in [5.74, 6) is 0.490. The van der Waals surface area contributed by atoms with Gasteiger partial charge in [0.2, 0.25) is 0 Å². The molecule has 0 atom stereocenters. The van der Waals surface area contributed by atoms with Gasteiger partial charge >= 0.3 is 0 Å². The van der Waals surface area contributed by atoms with Crippen molar-refractivity contribution in [3.8, 4) is 0 Å². The molecule has 0 radical (unpaired) electrons. The number of nitrogens with zero attached hydrogens (tertiary/aromatic N) is 1. The van der Waals surface area contributed by atoms with Crippen LogP contribution in [0.2, 0.25) is 0 Å². The molecule has 0 aliphatic rings. The summed E-state index contributed by atoms with van der Waals surface area (Å²) in [5.41, 5.74) is 7.83. The SMILES string of the molecule is CN=C(N)NCCCNc1ccc2[nH]ccc2c1. The van der Waals surface area contributed by atoms with E-state index < -0.39 is 0 Å². The van der Waals surface area contributed by atoms with Crippen molar-refractivity contribution in [2.24, 2.45) is 10.7 Å². The van der Waals surface area contributed by atoms with Crippen molar-refractivity contribution >= 4 is 22.5 Å². The first-order valence-electron chi connectivity index (χ1n) is 6.07. The van der Waals surface area contributed by atoms with Gasteiger partial charge in [-0.1, -0.05) is 0 Å². The van der Waals surface area contributed by atoms with E-state index in [0.717, 1.165) is 30.7 Å². The van der Waals surface area contributed by atoms with E-state index in [1.807, 2.05) is 6.20 Å². The number of nitrogens with one attached hydrogen (secondary N) is 3. The fraction of sp³-hybridized carbons (Fsp3) is 0.308. The summed E-state index contributed by atoms with van der Waals surface area (Å²) in [5, 5.41) is 7.63. The molecule has 0 saturated carbocycles. The van der Waals surface area contributed by atoms with Crippen molar-refractivity contribution in [2.75, 3.05) is 25.5 Å². The molecule has 1 aromatic carbocycles. The number of guanidine groups is 1. The Morgan fingerprint density at radius 2 is 2.22 bits per heavy atom. The van der Waals surface area contributed by atoms with E-state index in [4.69, 9.17) is 5.73 Å². The quantitative estimate of drug-likeness (QED) is 0.366. The number of benzene rings is 1. The lowest BCUT2D eigenvalue weighted by Crippen LogP contribution is -2.32. The molecule has 2 aromatic rings. The van der Waals surface area contributed by atoms with Gasteiger partial charge in [-0.05, 0) is 30.7 Å². The van der Waals surface area contributed by atoms with E-state index in [1.54, 1.807) is 7.05 Å². The van der Waals surface area contributed by atoms with Gasteiger partial charge in [-0.3, -0.25) is 4.99 Å². The van der Waals surface area contributed by atoms with Crippen LogP contribution in [0.3, 0.4) is 0 Å². The molecule has 0 unspecified atom stereocenters. The highest BCUT2D eigenvalue weighted by Gasteiger charge is 1.96. The van der Waals surface area contributed by atoms with Gasteiger partial charge in [-0.15, -0.1) is 0 Å². The molecule has 0 aliphatic heterocycles. The molecule has 96 valence electrons. The minimum atomic E-state index is 0.490. The maximum Gasteiger partial charge on any atom is 0.188 e. The second-order valence-corrected chi connectivity index (χ2v) is 4.10. The van der Waals surface area contributed by atoms with Crippen LogP contribution in [-0.2, 0) is 0 Å². The molecule has 18 heavy (non-hydrogen) atoms.